The minimum Gasteiger partial charge on any atom is -0.497 e. The number of amides is 2. The standard InChI is InChI=1S/C22H23N3O4/c1-12-20-17(16-10-15(29-3)8-9-18(16)23-20)11-19-21(26)25(22(27)24(12)19)13-4-6-14(28-2)7-5-13/h4-10,12,19,21,23,26H,11H2,1-3H3. The van der Waals surface area contributed by atoms with Crippen molar-refractivity contribution in [1.82, 2.24) is 9.88 Å². The van der Waals surface area contributed by atoms with Crippen molar-refractivity contribution in [2.75, 3.05) is 19.1 Å². The van der Waals surface area contributed by atoms with Gasteiger partial charge in [0.25, 0.3) is 0 Å². The van der Waals surface area contributed by atoms with Crippen molar-refractivity contribution in [2.45, 2.75) is 31.7 Å². The second-order valence-corrected chi connectivity index (χ2v) is 7.55. The van der Waals surface area contributed by atoms with Gasteiger partial charge in [-0.3, -0.25) is 4.90 Å². The van der Waals surface area contributed by atoms with E-state index in [9.17, 15) is 9.90 Å². The Labute approximate surface area is 168 Å². The number of nitrogens with one attached hydrogen (secondary N) is 1. The molecule has 5 rings (SSSR count). The van der Waals surface area contributed by atoms with Crippen LogP contribution < -0.4 is 14.4 Å². The SMILES string of the molecule is COc1ccc(N2C(=O)N3C(C)c4[nH]c5ccc(OC)cc5c4CC3C2O)cc1. The van der Waals surface area contributed by atoms with Crippen molar-refractivity contribution >= 4 is 22.6 Å². The van der Waals surface area contributed by atoms with Crippen molar-refractivity contribution in [3.05, 3.63) is 53.7 Å². The van der Waals surface area contributed by atoms with E-state index in [1.54, 1.807) is 43.4 Å². The van der Waals surface area contributed by atoms with Crippen LogP contribution in [0.5, 0.6) is 11.5 Å². The van der Waals surface area contributed by atoms with Gasteiger partial charge in [0.1, 0.15) is 11.5 Å². The molecule has 1 aromatic heterocycles. The van der Waals surface area contributed by atoms with E-state index in [1.165, 1.54) is 4.90 Å². The molecule has 0 radical (unpaired) electrons. The molecule has 0 aliphatic carbocycles. The summed E-state index contributed by atoms with van der Waals surface area (Å²) in [5, 5.41) is 12.2. The van der Waals surface area contributed by atoms with Crippen LogP contribution in [0.25, 0.3) is 10.9 Å². The third-order valence-corrected chi connectivity index (χ3v) is 6.14. The molecule has 7 heteroatoms. The molecular formula is C22H23N3O4. The molecular weight excluding hydrogens is 370 g/mol. The van der Waals surface area contributed by atoms with Gasteiger partial charge in [-0.25, -0.2) is 4.79 Å². The summed E-state index contributed by atoms with van der Waals surface area (Å²) < 4.78 is 10.6. The summed E-state index contributed by atoms with van der Waals surface area (Å²) in [6.45, 7) is 2.00. The number of H-pyrrole nitrogens is 1. The number of aromatic nitrogens is 1. The first-order valence-corrected chi connectivity index (χ1v) is 9.65. The Hall–Kier alpha value is -3.19. The number of aliphatic hydroxyl groups excluding tert-OH is 1. The normalized spacial score (nSPS) is 23.3. The number of carbonyl (C=O) groups excluding carboxylic acids is 1. The van der Waals surface area contributed by atoms with Crippen molar-refractivity contribution in [3.63, 3.8) is 0 Å². The molecule has 3 atom stereocenters. The molecule has 29 heavy (non-hydrogen) atoms. The summed E-state index contributed by atoms with van der Waals surface area (Å²) in [6, 6.07) is 12.4. The maximum atomic E-state index is 13.3. The number of benzene rings is 2. The van der Waals surface area contributed by atoms with E-state index in [4.69, 9.17) is 9.47 Å². The van der Waals surface area contributed by atoms with Gasteiger partial charge in [-0.15, -0.1) is 0 Å². The Kier molecular flexibility index (Phi) is 3.96. The van der Waals surface area contributed by atoms with Crippen LogP contribution in [0.15, 0.2) is 42.5 Å². The Morgan fingerprint density at radius 3 is 2.45 bits per heavy atom. The molecule has 0 bridgehead atoms. The van der Waals surface area contributed by atoms with Crippen molar-refractivity contribution in [3.8, 4) is 11.5 Å². The Morgan fingerprint density at radius 1 is 1.07 bits per heavy atom. The van der Waals surface area contributed by atoms with E-state index in [0.717, 1.165) is 27.9 Å². The average molecular weight is 393 g/mol. The van der Waals surface area contributed by atoms with Gasteiger partial charge in [0, 0.05) is 22.3 Å². The maximum absolute atomic E-state index is 13.3. The van der Waals surface area contributed by atoms with Gasteiger partial charge in [0.2, 0.25) is 0 Å². The van der Waals surface area contributed by atoms with Gasteiger partial charge >= 0.3 is 6.03 Å². The molecule has 0 spiro atoms. The van der Waals surface area contributed by atoms with E-state index in [1.807, 2.05) is 25.1 Å². The van der Waals surface area contributed by atoms with E-state index >= 15 is 0 Å². The number of aromatic amines is 1. The monoisotopic (exact) mass is 393 g/mol. The summed E-state index contributed by atoms with van der Waals surface area (Å²) >= 11 is 0. The lowest BCUT2D eigenvalue weighted by atomic mass is 9.93. The topological polar surface area (TPSA) is 78.0 Å². The lowest BCUT2D eigenvalue weighted by molar-refractivity contribution is 0.0936. The van der Waals surface area contributed by atoms with Gasteiger partial charge in [-0.2, -0.15) is 0 Å². The number of ether oxygens (including phenoxy) is 2. The number of urea groups is 1. The van der Waals surface area contributed by atoms with Crippen LogP contribution in [0.1, 0.15) is 24.2 Å². The molecule has 1 saturated heterocycles. The number of rotatable bonds is 3. The molecule has 2 aliphatic heterocycles. The Morgan fingerprint density at radius 2 is 1.76 bits per heavy atom. The van der Waals surface area contributed by atoms with Crippen LogP contribution in [0, 0.1) is 0 Å². The predicted octanol–water partition coefficient (Wildman–Crippen LogP) is 3.43. The minimum absolute atomic E-state index is 0.174. The number of hydrogen-bond acceptors (Lipinski definition) is 4. The molecule has 2 amide bonds. The van der Waals surface area contributed by atoms with Gasteiger partial charge in [-0.1, -0.05) is 0 Å². The predicted molar refractivity (Wildman–Crippen MR) is 109 cm³/mol. The third kappa shape index (κ3) is 2.50. The van der Waals surface area contributed by atoms with Crippen molar-refractivity contribution in [2.24, 2.45) is 0 Å². The van der Waals surface area contributed by atoms with Gasteiger partial charge in [0.05, 0.1) is 26.3 Å². The first kappa shape index (κ1) is 17.9. The molecule has 1 fully saturated rings. The fraction of sp³-hybridized carbons (Fsp3) is 0.318. The second kappa shape index (κ2) is 6.42. The summed E-state index contributed by atoms with van der Waals surface area (Å²) in [5.74, 6) is 1.49. The first-order valence-electron chi connectivity index (χ1n) is 9.65. The van der Waals surface area contributed by atoms with Crippen molar-refractivity contribution in [1.29, 1.82) is 0 Å². The highest BCUT2D eigenvalue weighted by atomic mass is 16.5. The molecule has 7 nitrogen and oxygen atoms in total. The van der Waals surface area contributed by atoms with E-state index in [-0.39, 0.29) is 18.1 Å². The fourth-order valence-corrected chi connectivity index (χ4v) is 4.66. The average Bonchev–Trinajstić information content (AvgIpc) is 3.23. The second-order valence-electron chi connectivity index (χ2n) is 7.55. The highest BCUT2D eigenvalue weighted by molar-refractivity contribution is 5.96. The van der Waals surface area contributed by atoms with Crippen molar-refractivity contribution < 1.29 is 19.4 Å². The minimum atomic E-state index is -0.929. The fourth-order valence-electron chi connectivity index (χ4n) is 4.66. The molecule has 3 unspecified atom stereocenters. The number of fused-ring (bicyclic) bond motifs is 4. The molecule has 150 valence electrons. The van der Waals surface area contributed by atoms with E-state index in [2.05, 4.69) is 4.98 Å². The van der Waals surface area contributed by atoms with Crippen LogP contribution in [-0.4, -0.2) is 47.5 Å². The van der Waals surface area contributed by atoms with Crippen LogP contribution in [0.4, 0.5) is 10.5 Å². The van der Waals surface area contributed by atoms with Crippen LogP contribution in [-0.2, 0) is 6.42 Å². The smallest absolute Gasteiger partial charge is 0.327 e. The molecule has 2 N–H and O–H groups in total. The lowest BCUT2D eigenvalue weighted by Crippen LogP contribution is -2.43. The molecule has 3 heterocycles. The molecule has 3 aromatic rings. The Balaban J connectivity index is 1.55. The van der Waals surface area contributed by atoms with Gasteiger partial charge in [-0.05, 0) is 61.4 Å². The quantitative estimate of drug-likeness (QED) is 0.715. The summed E-state index contributed by atoms with van der Waals surface area (Å²) in [6.07, 6.45) is -0.353. The number of hydrogen-bond donors (Lipinski definition) is 2. The lowest BCUT2D eigenvalue weighted by Gasteiger charge is -2.35. The van der Waals surface area contributed by atoms with Crippen LogP contribution in [0.3, 0.4) is 0 Å². The van der Waals surface area contributed by atoms with E-state index < -0.39 is 6.23 Å². The zero-order chi connectivity index (χ0) is 20.3. The van der Waals surface area contributed by atoms with Gasteiger partial charge < -0.3 is 24.5 Å². The number of nitrogens with zero attached hydrogens (tertiary/aromatic N) is 2. The summed E-state index contributed by atoms with van der Waals surface area (Å²) in [5.41, 5.74) is 3.82. The third-order valence-electron chi connectivity index (χ3n) is 6.14. The number of anilines is 1. The summed E-state index contributed by atoms with van der Waals surface area (Å²) in [7, 11) is 3.25. The number of methoxy groups -OCH3 is 2. The zero-order valence-electron chi connectivity index (χ0n) is 16.5. The summed E-state index contributed by atoms with van der Waals surface area (Å²) in [4.78, 5) is 20.0. The number of aliphatic hydroxyl groups is 1. The highest BCUT2D eigenvalue weighted by Crippen LogP contribution is 2.43. The zero-order valence-corrected chi connectivity index (χ0v) is 16.5. The maximum Gasteiger partial charge on any atom is 0.327 e. The van der Waals surface area contributed by atoms with Gasteiger partial charge in [0.15, 0.2) is 6.23 Å². The highest BCUT2D eigenvalue weighted by Gasteiger charge is 2.51. The first-order chi connectivity index (χ1) is 14.0. The van der Waals surface area contributed by atoms with Crippen LogP contribution in [0.2, 0.25) is 0 Å². The molecule has 2 aromatic carbocycles. The largest absolute Gasteiger partial charge is 0.497 e. The van der Waals surface area contributed by atoms with E-state index in [0.29, 0.717) is 17.9 Å². The van der Waals surface area contributed by atoms with Crippen LogP contribution >= 0.6 is 0 Å². The number of carbonyl (C=O) groups is 1. The molecule has 2 aliphatic rings. The molecule has 0 saturated carbocycles. The Bertz CT molecular complexity index is 1090.